The van der Waals surface area contributed by atoms with Gasteiger partial charge in [0.1, 0.15) is 0 Å². The van der Waals surface area contributed by atoms with Crippen LogP contribution in [0.3, 0.4) is 0 Å². The number of hydrogen-bond acceptors (Lipinski definition) is 5. The van der Waals surface area contributed by atoms with Crippen molar-refractivity contribution in [1.82, 2.24) is 10.3 Å². The van der Waals surface area contributed by atoms with Gasteiger partial charge in [0.05, 0.1) is 16.7 Å². The van der Waals surface area contributed by atoms with Crippen molar-refractivity contribution in [3.63, 3.8) is 0 Å². The van der Waals surface area contributed by atoms with Gasteiger partial charge in [-0.2, -0.15) is 0 Å². The van der Waals surface area contributed by atoms with Crippen LogP contribution in [-0.4, -0.2) is 31.5 Å². The van der Waals surface area contributed by atoms with Gasteiger partial charge in [-0.3, -0.25) is 0 Å². The van der Waals surface area contributed by atoms with Crippen molar-refractivity contribution in [2.75, 3.05) is 14.2 Å². The number of rotatable bonds is 6. The fourth-order valence-electron chi connectivity index (χ4n) is 2.00. The van der Waals surface area contributed by atoms with Crippen LogP contribution in [0.5, 0.6) is 0 Å². The van der Waals surface area contributed by atoms with Crippen LogP contribution >= 0.6 is 11.3 Å². The van der Waals surface area contributed by atoms with Crippen molar-refractivity contribution in [1.29, 1.82) is 0 Å². The van der Waals surface area contributed by atoms with Gasteiger partial charge < -0.3 is 14.8 Å². The maximum atomic E-state index is 5.24. The summed E-state index contributed by atoms with van der Waals surface area (Å²) in [5.74, 6) is 0. The lowest BCUT2D eigenvalue weighted by Gasteiger charge is -2.25. The van der Waals surface area contributed by atoms with Crippen molar-refractivity contribution in [2.24, 2.45) is 0 Å². The average molecular weight is 258 g/mol. The largest absolute Gasteiger partial charge is 0.354 e. The van der Waals surface area contributed by atoms with E-state index in [1.165, 1.54) is 4.88 Å². The minimum absolute atomic E-state index is 0.127. The van der Waals surface area contributed by atoms with Crippen LogP contribution in [0.25, 0.3) is 0 Å². The number of thiazole rings is 1. The third kappa shape index (κ3) is 3.74. The number of nitrogens with one attached hydrogen (secondary N) is 1. The molecule has 0 spiro atoms. The van der Waals surface area contributed by atoms with Crippen LogP contribution in [0.15, 0.2) is 0 Å². The van der Waals surface area contributed by atoms with Gasteiger partial charge in [0.15, 0.2) is 6.29 Å². The Balaban J connectivity index is 2.65. The highest BCUT2D eigenvalue weighted by molar-refractivity contribution is 7.11. The van der Waals surface area contributed by atoms with E-state index in [2.05, 4.69) is 24.1 Å². The second kappa shape index (κ2) is 6.44. The predicted octanol–water partition coefficient (Wildman–Crippen LogP) is 2.42. The highest BCUT2D eigenvalue weighted by Crippen LogP contribution is 2.25. The molecule has 1 rings (SSSR count). The van der Waals surface area contributed by atoms with E-state index in [1.807, 2.05) is 13.8 Å². The fourth-order valence-corrected chi connectivity index (χ4v) is 2.94. The van der Waals surface area contributed by atoms with E-state index in [1.54, 1.807) is 25.6 Å². The van der Waals surface area contributed by atoms with Crippen molar-refractivity contribution < 1.29 is 9.47 Å². The zero-order valence-corrected chi connectivity index (χ0v) is 12.2. The molecule has 0 radical (unpaired) electrons. The minimum atomic E-state index is -0.230. The number of ether oxygens (including phenoxy) is 2. The Morgan fingerprint density at radius 1 is 1.18 bits per heavy atom. The monoisotopic (exact) mass is 258 g/mol. The van der Waals surface area contributed by atoms with Crippen LogP contribution in [0, 0.1) is 13.8 Å². The van der Waals surface area contributed by atoms with E-state index >= 15 is 0 Å². The number of nitrogens with zero attached hydrogens (tertiary/aromatic N) is 1. The molecule has 0 fully saturated rings. The second-order valence-corrected chi connectivity index (χ2v) is 5.43. The fraction of sp³-hybridized carbons (Fsp3) is 0.750. The first kappa shape index (κ1) is 14.6. The predicted molar refractivity (Wildman–Crippen MR) is 70.4 cm³/mol. The molecule has 0 aromatic carbocycles. The van der Waals surface area contributed by atoms with Crippen molar-refractivity contribution >= 4 is 11.3 Å². The van der Waals surface area contributed by atoms with Gasteiger partial charge in [-0.25, -0.2) is 4.98 Å². The lowest BCUT2D eigenvalue weighted by molar-refractivity contribution is -0.120. The Kier molecular flexibility index (Phi) is 5.52. The first-order chi connectivity index (χ1) is 7.99. The van der Waals surface area contributed by atoms with Crippen LogP contribution < -0.4 is 5.32 Å². The summed E-state index contributed by atoms with van der Waals surface area (Å²) < 4.78 is 10.5. The molecule has 0 amide bonds. The molecule has 5 heteroatoms. The Hall–Kier alpha value is -0.490. The molecule has 0 aliphatic carbocycles. The molecule has 2 unspecified atom stereocenters. The highest BCUT2D eigenvalue weighted by Gasteiger charge is 2.20. The average Bonchev–Trinajstić information content (AvgIpc) is 2.59. The maximum Gasteiger partial charge on any atom is 0.171 e. The van der Waals surface area contributed by atoms with Crippen molar-refractivity contribution in [2.45, 2.75) is 46.1 Å². The van der Waals surface area contributed by atoms with Crippen LogP contribution in [0.4, 0.5) is 0 Å². The van der Waals surface area contributed by atoms with E-state index < -0.39 is 0 Å². The van der Waals surface area contributed by atoms with Crippen LogP contribution in [0.2, 0.25) is 0 Å². The quantitative estimate of drug-likeness (QED) is 0.796. The first-order valence-electron chi connectivity index (χ1n) is 5.75. The lowest BCUT2D eigenvalue weighted by Crippen LogP contribution is -2.40. The summed E-state index contributed by atoms with van der Waals surface area (Å²) in [7, 11) is 3.30. The molecule has 1 aromatic heterocycles. The molecule has 0 aliphatic rings. The maximum absolute atomic E-state index is 5.24. The zero-order valence-electron chi connectivity index (χ0n) is 11.4. The molecule has 0 bridgehead atoms. The standard InChI is InChI=1S/C12H22N2O2S/c1-7(11-8(2)14-10(4)17-11)13-9(3)12(15-5)16-6/h7,9,12-13H,1-6H3. The van der Waals surface area contributed by atoms with Crippen molar-refractivity contribution in [3.05, 3.63) is 15.6 Å². The normalized spacial score (nSPS) is 15.2. The molecule has 2 atom stereocenters. The number of methoxy groups -OCH3 is 2. The first-order valence-corrected chi connectivity index (χ1v) is 6.56. The summed E-state index contributed by atoms with van der Waals surface area (Å²) in [5, 5.41) is 4.58. The Morgan fingerprint density at radius 2 is 1.76 bits per heavy atom. The van der Waals surface area contributed by atoms with Gasteiger partial charge >= 0.3 is 0 Å². The molecular formula is C12H22N2O2S. The molecule has 98 valence electrons. The number of aromatic nitrogens is 1. The summed E-state index contributed by atoms with van der Waals surface area (Å²) >= 11 is 1.74. The summed E-state index contributed by atoms with van der Waals surface area (Å²) in [4.78, 5) is 5.72. The number of aryl methyl sites for hydroxylation is 2. The molecule has 1 N–H and O–H groups in total. The highest BCUT2D eigenvalue weighted by atomic mass is 32.1. The molecule has 1 heterocycles. The smallest absolute Gasteiger partial charge is 0.171 e. The summed E-state index contributed by atoms with van der Waals surface area (Å²) in [6.07, 6.45) is -0.230. The van der Waals surface area contributed by atoms with Gasteiger partial charge in [-0.1, -0.05) is 0 Å². The van der Waals surface area contributed by atoms with Gasteiger partial charge in [0.25, 0.3) is 0 Å². The SMILES string of the molecule is COC(OC)C(C)NC(C)c1sc(C)nc1C. The van der Waals surface area contributed by atoms with Crippen molar-refractivity contribution in [3.8, 4) is 0 Å². The molecule has 1 aromatic rings. The summed E-state index contributed by atoms with van der Waals surface area (Å²) in [5.41, 5.74) is 1.10. The van der Waals surface area contributed by atoms with E-state index in [0.717, 1.165) is 10.7 Å². The van der Waals surface area contributed by atoms with E-state index in [4.69, 9.17) is 9.47 Å². The van der Waals surface area contributed by atoms with E-state index in [9.17, 15) is 0 Å². The van der Waals surface area contributed by atoms with Gasteiger partial charge in [-0.05, 0) is 27.7 Å². The van der Waals surface area contributed by atoms with Crippen LogP contribution in [0.1, 0.15) is 35.5 Å². The van der Waals surface area contributed by atoms with E-state index in [0.29, 0.717) is 0 Å². The van der Waals surface area contributed by atoms with Gasteiger partial charge in [0, 0.05) is 25.1 Å². The molecule has 0 saturated carbocycles. The minimum Gasteiger partial charge on any atom is -0.354 e. The molecule has 4 nitrogen and oxygen atoms in total. The third-order valence-electron chi connectivity index (χ3n) is 2.72. The van der Waals surface area contributed by atoms with Crippen LogP contribution in [-0.2, 0) is 9.47 Å². The molecule has 0 saturated heterocycles. The second-order valence-electron chi connectivity index (χ2n) is 4.20. The lowest BCUT2D eigenvalue weighted by atomic mass is 10.2. The molecular weight excluding hydrogens is 236 g/mol. The van der Waals surface area contributed by atoms with Gasteiger partial charge in [0.2, 0.25) is 0 Å². The van der Waals surface area contributed by atoms with Gasteiger partial charge in [-0.15, -0.1) is 11.3 Å². The number of hydrogen-bond donors (Lipinski definition) is 1. The summed E-state index contributed by atoms with van der Waals surface area (Å²) in [6, 6.07) is 0.380. The molecule has 0 aliphatic heterocycles. The molecule has 17 heavy (non-hydrogen) atoms. The van der Waals surface area contributed by atoms with E-state index in [-0.39, 0.29) is 18.4 Å². The summed E-state index contributed by atoms with van der Waals surface area (Å²) in [6.45, 7) is 8.27. The Labute approximate surface area is 107 Å². The Morgan fingerprint density at radius 3 is 2.18 bits per heavy atom. The third-order valence-corrected chi connectivity index (χ3v) is 3.97. The topological polar surface area (TPSA) is 43.4 Å². The zero-order chi connectivity index (χ0) is 13.0. The Bertz CT molecular complexity index is 350.